The van der Waals surface area contributed by atoms with Gasteiger partial charge in [0.2, 0.25) is 0 Å². The second-order valence-electron chi connectivity index (χ2n) is 9.56. The second kappa shape index (κ2) is 8.06. The Hall–Kier alpha value is -2.35. The van der Waals surface area contributed by atoms with Crippen molar-refractivity contribution in [1.82, 2.24) is 19.5 Å². The molecule has 0 saturated carbocycles. The smallest absolute Gasteiger partial charge is 0.411 e. The summed E-state index contributed by atoms with van der Waals surface area (Å²) in [5.41, 5.74) is 0.0655. The monoisotopic (exact) mass is 436 g/mol. The molecule has 2 aromatic rings. The number of hydrogen-bond acceptors (Lipinski definition) is 6. The van der Waals surface area contributed by atoms with E-state index in [0.29, 0.717) is 23.6 Å². The van der Waals surface area contributed by atoms with Crippen LogP contribution in [0.5, 0.6) is 0 Å². The molecule has 0 aliphatic carbocycles. The van der Waals surface area contributed by atoms with Gasteiger partial charge in [0.25, 0.3) is 0 Å². The number of likely N-dealkylation sites (tertiary alicyclic amines) is 1. The van der Waals surface area contributed by atoms with Crippen molar-refractivity contribution in [3.05, 3.63) is 29.2 Å². The average molecular weight is 437 g/mol. The van der Waals surface area contributed by atoms with Crippen LogP contribution in [0.3, 0.4) is 0 Å². The fourth-order valence-electron chi connectivity index (χ4n) is 3.45. The maximum absolute atomic E-state index is 12.9. The molecule has 164 valence electrons. The number of esters is 1. The number of aromatic nitrogens is 3. The molecule has 3 heterocycles. The molecule has 0 bridgehead atoms. The lowest BCUT2D eigenvalue weighted by molar-refractivity contribution is -0.162. The Balaban J connectivity index is 1.88. The lowest BCUT2D eigenvalue weighted by Gasteiger charge is -2.39. The Labute approximate surface area is 181 Å². The van der Waals surface area contributed by atoms with Crippen LogP contribution in [0, 0.1) is 0 Å². The minimum absolute atomic E-state index is 0.0893. The van der Waals surface area contributed by atoms with E-state index in [1.165, 1.54) is 4.90 Å². The molecule has 0 aromatic carbocycles. The van der Waals surface area contributed by atoms with Crippen molar-refractivity contribution in [1.29, 1.82) is 0 Å². The van der Waals surface area contributed by atoms with E-state index in [4.69, 9.17) is 21.1 Å². The Bertz CT molecular complexity index is 945. The van der Waals surface area contributed by atoms with Gasteiger partial charge in [0.05, 0.1) is 11.9 Å². The molecule has 3 rings (SSSR count). The molecular weight excluding hydrogens is 408 g/mol. The van der Waals surface area contributed by atoms with Gasteiger partial charge in [-0.1, -0.05) is 11.6 Å². The van der Waals surface area contributed by atoms with E-state index in [2.05, 4.69) is 10.1 Å². The first-order valence-corrected chi connectivity index (χ1v) is 10.4. The second-order valence-corrected chi connectivity index (χ2v) is 9.95. The fraction of sp³-hybridized carbons (Fsp3) is 0.619. The van der Waals surface area contributed by atoms with Gasteiger partial charge < -0.3 is 9.47 Å². The van der Waals surface area contributed by atoms with E-state index >= 15 is 0 Å². The Morgan fingerprint density at radius 3 is 2.40 bits per heavy atom. The molecule has 0 N–H and O–H groups in total. The van der Waals surface area contributed by atoms with Gasteiger partial charge in [0.1, 0.15) is 22.4 Å². The summed E-state index contributed by atoms with van der Waals surface area (Å²) in [4.78, 5) is 31.9. The zero-order valence-corrected chi connectivity index (χ0v) is 19.1. The molecule has 1 fully saturated rings. The third-order valence-electron chi connectivity index (χ3n) is 4.64. The predicted molar refractivity (Wildman–Crippen MR) is 113 cm³/mol. The highest BCUT2D eigenvalue weighted by Gasteiger charge is 2.41. The van der Waals surface area contributed by atoms with Gasteiger partial charge in [-0.3, -0.25) is 4.90 Å². The van der Waals surface area contributed by atoms with Gasteiger partial charge in [-0.25, -0.2) is 19.1 Å². The summed E-state index contributed by atoms with van der Waals surface area (Å²) in [6.45, 7) is 11.1. The zero-order chi connectivity index (χ0) is 22.3. The maximum atomic E-state index is 12.9. The zero-order valence-electron chi connectivity index (χ0n) is 18.3. The molecule has 1 saturated heterocycles. The van der Waals surface area contributed by atoms with Crippen LogP contribution in [0.4, 0.5) is 4.79 Å². The highest BCUT2D eigenvalue weighted by molar-refractivity contribution is 6.29. The largest absolute Gasteiger partial charge is 0.458 e. The molecule has 2 aromatic heterocycles. The van der Waals surface area contributed by atoms with E-state index in [1.807, 2.05) is 0 Å². The lowest BCUT2D eigenvalue weighted by atomic mass is 9.90. The van der Waals surface area contributed by atoms with Crippen molar-refractivity contribution >= 4 is 29.3 Å². The number of rotatable bonds is 2. The van der Waals surface area contributed by atoms with Crippen LogP contribution in [0.1, 0.15) is 66.0 Å². The van der Waals surface area contributed by atoms with E-state index < -0.39 is 29.3 Å². The summed E-state index contributed by atoms with van der Waals surface area (Å²) < 4.78 is 12.7. The standard InChI is InChI=1S/C21H29ClN4O4/c1-20(2,3)29-18(27)15-8-7-13(12-25(15)19(28)30-21(4,5)6)14-11-16(22)26-17(24-14)9-10-23-26/h9-11,13,15H,7-8,12H2,1-6H3/t13-,15-/m0/s1. The third-order valence-corrected chi connectivity index (χ3v) is 4.91. The van der Waals surface area contributed by atoms with Crippen molar-refractivity contribution in [2.45, 2.75) is 77.5 Å². The first-order chi connectivity index (χ1) is 13.8. The molecule has 1 aliphatic rings. The number of amides is 1. The van der Waals surface area contributed by atoms with Crippen LogP contribution in [-0.2, 0) is 14.3 Å². The third kappa shape index (κ3) is 5.22. The number of halogens is 1. The Morgan fingerprint density at radius 2 is 1.77 bits per heavy atom. The first kappa shape index (κ1) is 22.3. The maximum Gasteiger partial charge on any atom is 0.411 e. The highest BCUT2D eigenvalue weighted by atomic mass is 35.5. The van der Waals surface area contributed by atoms with E-state index in [9.17, 15) is 9.59 Å². The molecule has 1 aliphatic heterocycles. The van der Waals surface area contributed by atoms with Crippen molar-refractivity contribution in [3.8, 4) is 0 Å². The van der Waals surface area contributed by atoms with Gasteiger partial charge in [0.15, 0.2) is 5.65 Å². The molecule has 30 heavy (non-hydrogen) atoms. The number of carbonyl (C=O) groups excluding carboxylic acids is 2. The number of nitrogens with zero attached hydrogens (tertiary/aromatic N) is 4. The molecular formula is C21H29ClN4O4. The van der Waals surface area contributed by atoms with Crippen LogP contribution in [0.15, 0.2) is 18.3 Å². The van der Waals surface area contributed by atoms with Crippen LogP contribution in [0.25, 0.3) is 5.65 Å². The average Bonchev–Trinajstić information content (AvgIpc) is 3.07. The van der Waals surface area contributed by atoms with Crippen LogP contribution in [-0.4, -0.2) is 55.3 Å². The molecule has 2 atom stereocenters. The molecule has 0 unspecified atom stereocenters. The summed E-state index contributed by atoms with van der Waals surface area (Å²) in [7, 11) is 0. The topological polar surface area (TPSA) is 86.0 Å². The van der Waals surface area contributed by atoms with Gasteiger partial charge in [0, 0.05) is 18.5 Å². The number of fused-ring (bicyclic) bond motifs is 1. The molecule has 9 heteroatoms. The lowest BCUT2D eigenvalue weighted by Crippen LogP contribution is -2.53. The van der Waals surface area contributed by atoms with E-state index in [0.717, 1.165) is 5.69 Å². The quantitative estimate of drug-likeness (QED) is 0.517. The number of hydrogen-bond donors (Lipinski definition) is 0. The number of ether oxygens (including phenoxy) is 2. The number of piperidine rings is 1. The van der Waals surface area contributed by atoms with Gasteiger partial charge in [-0.05, 0) is 60.5 Å². The molecule has 1 amide bonds. The van der Waals surface area contributed by atoms with E-state index in [-0.39, 0.29) is 12.5 Å². The Morgan fingerprint density at radius 1 is 1.10 bits per heavy atom. The normalized spacial score (nSPS) is 20.3. The summed E-state index contributed by atoms with van der Waals surface area (Å²) in [5.74, 6) is -0.516. The minimum atomic E-state index is -0.704. The highest BCUT2D eigenvalue weighted by Crippen LogP contribution is 2.32. The summed E-state index contributed by atoms with van der Waals surface area (Å²) >= 11 is 6.34. The first-order valence-electron chi connectivity index (χ1n) is 10.1. The van der Waals surface area contributed by atoms with E-state index in [1.54, 1.807) is 64.4 Å². The summed E-state index contributed by atoms with van der Waals surface area (Å²) in [6.07, 6.45) is 2.20. The molecule has 0 spiro atoms. The van der Waals surface area contributed by atoms with Gasteiger partial charge >= 0.3 is 12.1 Å². The van der Waals surface area contributed by atoms with Crippen molar-refractivity contribution in [3.63, 3.8) is 0 Å². The number of carbonyl (C=O) groups is 2. The summed E-state index contributed by atoms with van der Waals surface area (Å²) in [5, 5.41) is 4.58. The van der Waals surface area contributed by atoms with Crippen molar-refractivity contribution < 1.29 is 19.1 Å². The van der Waals surface area contributed by atoms with Crippen LogP contribution >= 0.6 is 11.6 Å². The SMILES string of the molecule is CC(C)(C)OC(=O)[C@@H]1CC[C@H](c2cc(Cl)n3nccc3n2)CN1C(=O)OC(C)(C)C. The van der Waals surface area contributed by atoms with Crippen LogP contribution < -0.4 is 0 Å². The van der Waals surface area contributed by atoms with Gasteiger partial charge in [-0.15, -0.1) is 0 Å². The van der Waals surface area contributed by atoms with Gasteiger partial charge in [-0.2, -0.15) is 5.10 Å². The minimum Gasteiger partial charge on any atom is -0.458 e. The van der Waals surface area contributed by atoms with Crippen LogP contribution in [0.2, 0.25) is 5.15 Å². The fourth-order valence-corrected chi connectivity index (χ4v) is 3.69. The van der Waals surface area contributed by atoms with Crippen molar-refractivity contribution in [2.75, 3.05) is 6.54 Å². The predicted octanol–water partition coefficient (Wildman–Crippen LogP) is 4.21. The van der Waals surface area contributed by atoms with Crippen molar-refractivity contribution in [2.24, 2.45) is 0 Å². The molecule has 0 radical (unpaired) electrons. The summed E-state index contributed by atoms with van der Waals surface area (Å²) in [6, 6.07) is 2.82. The Kier molecular flexibility index (Phi) is 6.00. The molecule has 8 nitrogen and oxygen atoms in total.